The Labute approximate surface area is 119 Å². The number of anilines is 1. The number of hydrogen-bond donors (Lipinski definition) is 2. The minimum absolute atomic E-state index is 0.00272. The van der Waals surface area contributed by atoms with Crippen molar-refractivity contribution in [3.05, 3.63) is 29.3 Å². The standard InChI is InChI=1S/C16H19NO3/c1-11-8-15(6-5-13(11)4-3-7-18)17-16(19)14-9-12(2)20-10-14/h5-6,8,12,14,18H,7,9-10H2,1-2H3,(H,17,19). The highest BCUT2D eigenvalue weighted by Crippen LogP contribution is 2.21. The van der Waals surface area contributed by atoms with Crippen molar-refractivity contribution >= 4 is 11.6 Å². The molecule has 1 fully saturated rings. The Morgan fingerprint density at radius 3 is 2.95 bits per heavy atom. The first kappa shape index (κ1) is 14.6. The van der Waals surface area contributed by atoms with Crippen molar-refractivity contribution in [3.8, 4) is 11.8 Å². The van der Waals surface area contributed by atoms with Crippen LogP contribution in [0.5, 0.6) is 0 Å². The van der Waals surface area contributed by atoms with Crippen molar-refractivity contribution in [3.63, 3.8) is 0 Å². The fourth-order valence-corrected chi connectivity index (χ4v) is 2.26. The number of carbonyl (C=O) groups excluding carboxylic acids is 1. The Bertz CT molecular complexity index is 557. The molecule has 1 aliphatic heterocycles. The van der Waals surface area contributed by atoms with E-state index in [4.69, 9.17) is 9.84 Å². The van der Waals surface area contributed by atoms with Crippen LogP contribution in [0, 0.1) is 24.7 Å². The number of aliphatic hydroxyl groups excluding tert-OH is 1. The summed E-state index contributed by atoms with van der Waals surface area (Å²) in [4.78, 5) is 12.1. The number of benzene rings is 1. The van der Waals surface area contributed by atoms with E-state index in [2.05, 4.69) is 17.2 Å². The predicted octanol–water partition coefficient (Wildman–Crippen LogP) is 1.70. The van der Waals surface area contributed by atoms with E-state index in [1.807, 2.05) is 32.0 Å². The summed E-state index contributed by atoms with van der Waals surface area (Å²) < 4.78 is 5.41. The number of nitrogens with one attached hydrogen (secondary N) is 1. The van der Waals surface area contributed by atoms with Crippen molar-refractivity contribution < 1.29 is 14.6 Å². The van der Waals surface area contributed by atoms with Crippen LogP contribution in [0.4, 0.5) is 5.69 Å². The van der Waals surface area contributed by atoms with Gasteiger partial charge in [-0.3, -0.25) is 4.79 Å². The molecule has 1 heterocycles. The fraction of sp³-hybridized carbons (Fsp3) is 0.438. The second-order valence-corrected chi connectivity index (χ2v) is 5.06. The maximum Gasteiger partial charge on any atom is 0.229 e. The molecule has 1 amide bonds. The quantitative estimate of drug-likeness (QED) is 0.806. The molecule has 1 aromatic carbocycles. The summed E-state index contributed by atoms with van der Waals surface area (Å²) in [6.45, 7) is 4.24. The molecule has 20 heavy (non-hydrogen) atoms. The second kappa shape index (κ2) is 6.56. The molecule has 2 rings (SSSR count). The van der Waals surface area contributed by atoms with Crippen molar-refractivity contribution in [2.75, 3.05) is 18.5 Å². The molecule has 0 aliphatic carbocycles. The van der Waals surface area contributed by atoms with Crippen LogP contribution in [0.1, 0.15) is 24.5 Å². The summed E-state index contributed by atoms with van der Waals surface area (Å²) >= 11 is 0. The van der Waals surface area contributed by atoms with E-state index >= 15 is 0 Å². The highest BCUT2D eigenvalue weighted by atomic mass is 16.5. The van der Waals surface area contributed by atoms with Crippen molar-refractivity contribution in [1.82, 2.24) is 0 Å². The Balaban J connectivity index is 2.03. The molecule has 0 bridgehead atoms. The molecule has 106 valence electrons. The third-order valence-electron chi connectivity index (χ3n) is 3.37. The lowest BCUT2D eigenvalue weighted by Crippen LogP contribution is -2.23. The normalized spacial score (nSPS) is 21.1. The maximum atomic E-state index is 12.1. The van der Waals surface area contributed by atoms with Crippen LogP contribution < -0.4 is 5.32 Å². The van der Waals surface area contributed by atoms with E-state index in [9.17, 15) is 4.79 Å². The summed E-state index contributed by atoms with van der Waals surface area (Å²) in [5, 5.41) is 11.6. The summed E-state index contributed by atoms with van der Waals surface area (Å²) in [5.41, 5.74) is 2.59. The molecule has 1 aromatic rings. The second-order valence-electron chi connectivity index (χ2n) is 5.06. The maximum absolute atomic E-state index is 12.1. The first-order chi connectivity index (χ1) is 9.60. The molecule has 0 aromatic heterocycles. The summed E-state index contributed by atoms with van der Waals surface area (Å²) in [7, 11) is 0. The number of amides is 1. The van der Waals surface area contributed by atoms with Gasteiger partial charge >= 0.3 is 0 Å². The van der Waals surface area contributed by atoms with Gasteiger partial charge in [0.25, 0.3) is 0 Å². The summed E-state index contributed by atoms with van der Waals surface area (Å²) in [6, 6.07) is 5.56. The molecular formula is C16H19NO3. The van der Waals surface area contributed by atoms with Crippen LogP contribution >= 0.6 is 0 Å². The minimum atomic E-state index is -0.155. The lowest BCUT2D eigenvalue weighted by Gasteiger charge is -2.10. The smallest absolute Gasteiger partial charge is 0.229 e. The first-order valence-electron chi connectivity index (χ1n) is 6.73. The van der Waals surface area contributed by atoms with Crippen LogP contribution in [0.25, 0.3) is 0 Å². The van der Waals surface area contributed by atoms with Gasteiger partial charge in [0, 0.05) is 11.3 Å². The third-order valence-corrected chi connectivity index (χ3v) is 3.37. The molecule has 0 radical (unpaired) electrons. The average molecular weight is 273 g/mol. The number of aryl methyl sites for hydroxylation is 1. The van der Waals surface area contributed by atoms with Gasteiger partial charge in [0.15, 0.2) is 0 Å². The van der Waals surface area contributed by atoms with Crippen molar-refractivity contribution in [2.24, 2.45) is 5.92 Å². The lowest BCUT2D eigenvalue weighted by atomic mass is 10.0. The molecule has 0 spiro atoms. The van der Waals surface area contributed by atoms with Gasteiger partial charge in [-0.2, -0.15) is 0 Å². The Kier molecular flexibility index (Phi) is 4.78. The van der Waals surface area contributed by atoms with Gasteiger partial charge < -0.3 is 15.2 Å². The third kappa shape index (κ3) is 3.60. The highest BCUT2D eigenvalue weighted by Gasteiger charge is 2.28. The monoisotopic (exact) mass is 273 g/mol. The van der Waals surface area contributed by atoms with Crippen LogP contribution in [0.3, 0.4) is 0 Å². The predicted molar refractivity (Wildman–Crippen MR) is 77.3 cm³/mol. The van der Waals surface area contributed by atoms with E-state index < -0.39 is 0 Å². The highest BCUT2D eigenvalue weighted by molar-refractivity contribution is 5.93. The van der Waals surface area contributed by atoms with E-state index in [0.29, 0.717) is 6.61 Å². The SMILES string of the molecule is Cc1cc(NC(=O)C2COC(C)C2)ccc1C#CCO. The number of aliphatic hydroxyl groups is 1. The molecule has 0 saturated carbocycles. The zero-order chi connectivity index (χ0) is 14.5. The van der Waals surface area contributed by atoms with Gasteiger partial charge in [0.1, 0.15) is 6.61 Å². The largest absolute Gasteiger partial charge is 0.384 e. The topological polar surface area (TPSA) is 58.6 Å². The van der Waals surface area contributed by atoms with E-state index in [0.717, 1.165) is 23.2 Å². The van der Waals surface area contributed by atoms with Crippen LogP contribution in [0.2, 0.25) is 0 Å². The van der Waals surface area contributed by atoms with E-state index in [-0.39, 0.29) is 24.5 Å². The van der Waals surface area contributed by atoms with E-state index in [1.165, 1.54) is 0 Å². The molecule has 2 N–H and O–H groups in total. The Hall–Kier alpha value is -1.83. The van der Waals surface area contributed by atoms with Crippen molar-refractivity contribution in [1.29, 1.82) is 0 Å². The van der Waals surface area contributed by atoms with Gasteiger partial charge in [0.2, 0.25) is 5.91 Å². The van der Waals surface area contributed by atoms with Crippen LogP contribution in [0.15, 0.2) is 18.2 Å². The Morgan fingerprint density at radius 1 is 1.55 bits per heavy atom. The molecule has 2 atom stereocenters. The number of carbonyl (C=O) groups is 1. The van der Waals surface area contributed by atoms with Gasteiger partial charge in [-0.05, 0) is 44.0 Å². The molecule has 4 nitrogen and oxygen atoms in total. The Morgan fingerprint density at radius 2 is 2.35 bits per heavy atom. The van der Waals surface area contributed by atoms with Gasteiger partial charge in [-0.25, -0.2) is 0 Å². The minimum Gasteiger partial charge on any atom is -0.384 e. The van der Waals surface area contributed by atoms with Gasteiger partial charge in [-0.1, -0.05) is 11.8 Å². The number of hydrogen-bond acceptors (Lipinski definition) is 3. The molecule has 2 unspecified atom stereocenters. The first-order valence-corrected chi connectivity index (χ1v) is 6.73. The van der Waals surface area contributed by atoms with Gasteiger partial charge in [-0.15, -0.1) is 0 Å². The summed E-state index contributed by atoms with van der Waals surface area (Å²) in [6.07, 6.45) is 0.925. The van der Waals surface area contributed by atoms with Crippen LogP contribution in [-0.2, 0) is 9.53 Å². The zero-order valence-corrected chi connectivity index (χ0v) is 11.8. The fourth-order valence-electron chi connectivity index (χ4n) is 2.26. The molecule has 1 saturated heterocycles. The number of ether oxygens (including phenoxy) is 1. The zero-order valence-electron chi connectivity index (χ0n) is 11.8. The average Bonchev–Trinajstić information content (AvgIpc) is 2.85. The summed E-state index contributed by atoms with van der Waals surface area (Å²) in [5.74, 6) is 5.42. The molecule has 4 heteroatoms. The molecular weight excluding hydrogens is 254 g/mol. The molecule has 1 aliphatic rings. The number of rotatable bonds is 2. The lowest BCUT2D eigenvalue weighted by molar-refractivity contribution is -0.119. The van der Waals surface area contributed by atoms with Crippen LogP contribution in [-0.4, -0.2) is 30.3 Å². The van der Waals surface area contributed by atoms with Gasteiger partial charge in [0.05, 0.1) is 18.6 Å². The van der Waals surface area contributed by atoms with E-state index in [1.54, 1.807) is 0 Å². The van der Waals surface area contributed by atoms with Crippen molar-refractivity contribution in [2.45, 2.75) is 26.4 Å².